The van der Waals surface area contributed by atoms with E-state index in [4.69, 9.17) is 0 Å². The SMILES string of the molecule is C=c1ccc(=C)c(-c2cc(C(C)(C)C)[nH]c2C(C)(C)C)c1. The first-order valence-corrected chi connectivity index (χ1v) is 7.52. The zero-order valence-corrected chi connectivity index (χ0v) is 14.2. The monoisotopic (exact) mass is 281 g/mol. The predicted octanol–water partition coefficient (Wildman–Crippen LogP) is 4.10. The molecule has 0 saturated carbocycles. The highest BCUT2D eigenvalue weighted by atomic mass is 14.8. The molecule has 1 heterocycles. The van der Waals surface area contributed by atoms with Crippen LogP contribution in [0, 0.1) is 0 Å². The number of hydrogen-bond acceptors (Lipinski definition) is 0. The van der Waals surface area contributed by atoms with Crippen molar-refractivity contribution in [1.29, 1.82) is 0 Å². The highest BCUT2D eigenvalue weighted by Crippen LogP contribution is 2.35. The third-order valence-electron chi connectivity index (χ3n) is 3.84. The van der Waals surface area contributed by atoms with Crippen molar-refractivity contribution in [2.75, 3.05) is 0 Å². The molecule has 0 fully saturated rings. The summed E-state index contributed by atoms with van der Waals surface area (Å²) in [6, 6.07) is 8.48. The van der Waals surface area contributed by atoms with Gasteiger partial charge in [0.25, 0.3) is 0 Å². The van der Waals surface area contributed by atoms with Gasteiger partial charge in [-0.3, -0.25) is 0 Å². The topological polar surface area (TPSA) is 15.8 Å². The molecule has 1 N–H and O–H groups in total. The summed E-state index contributed by atoms with van der Waals surface area (Å²) in [6.45, 7) is 21.7. The molecule has 0 saturated heterocycles. The molecule has 1 aromatic carbocycles. The maximum absolute atomic E-state index is 4.19. The molecule has 112 valence electrons. The van der Waals surface area contributed by atoms with Gasteiger partial charge in [-0.15, -0.1) is 0 Å². The molecular weight excluding hydrogens is 254 g/mol. The highest BCUT2D eigenvalue weighted by molar-refractivity contribution is 5.69. The normalized spacial score (nSPS) is 12.7. The van der Waals surface area contributed by atoms with E-state index in [-0.39, 0.29) is 10.8 Å². The molecule has 0 unspecified atom stereocenters. The number of benzene rings is 1. The molecule has 2 aromatic rings. The van der Waals surface area contributed by atoms with Crippen LogP contribution in [-0.4, -0.2) is 4.98 Å². The second kappa shape index (κ2) is 4.91. The van der Waals surface area contributed by atoms with Gasteiger partial charge in [0, 0.05) is 27.8 Å². The van der Waals surface area contributed by atoms with Crippen molar-refractivity contribution >= 4 is 13.2 Å². The lowest BCUT2D eigenvalue weighted by atomic mass is 9.87. The zero-order chi connectivity index (χ0) is 16.0. The van der Waals surface area contributed by atoms with E-state index < -0.39 is 0 Å². The van der Waals surface area contributed by atoms with Crippen LogP contribution in [0.25, 0.3) is 24.3 Å². The summed E-state index contributed by atoms with van der Waals surface area (Å²) >= 11 is 0. The van der Waals surface area contributed by atoms with Gasteiger partial charge < -0.3 is 4.98 Å². The van der Waals surface area contributed by atoms with Gasteiger partial charge >= 0.3 is 0 Å². The van der Waals surface area contributed by atoms with Gasteiger partial charge in [-0.2, -0.15) is 0 Å². The molecule has 0 aliphatic rings. The minimum absolute atomic E-state index is 0.0580. The van der Waals surface area contributed by atoms with Crippen molar-refractivity contribution in [2.24, 2.45) is 0 Å². The second-order valence-corrected chi connectivity index (χ2v) is 7.96. The van der Waals surface area contributed by atoms with E-state index in [1.807, 2.05) is 12.1 Å². The first kappa shape index (κ1) is 15.6. The van der Waals surface area contributed by atoms with Crippen molar-refractivity contribution in [3.05, 3.63) is 46.1 Å². The molecule has 0 radical (unpaired) electrons. The summed E-state index contributed by atoms with van der Waals surface area (Å²) in [4.78, 5) is 3.66. The van der Waals surface area contributed by atoms with Crippen LogP contribution < -0.4 is 10.4 Å². The molecule has 1 aromatic heterocycles. The van der Waals surface area contributed by atoms with E-state index in [1.54, 1.807) is 0 Å². The van der Waals surface area contributed by atoms with Gasteiger partial charge in [0.05, 0.1) is 0 Å². The average Bonchev–Trinajstić information content (AvgIpc) is 2.76. The first-order chi connectivity index (χ1) is 9.50. The maximum Gasteiger partial charge on any atom is 0.0283 e. The molecule has 0 atom stereocenters. The van der Waals surface area contributed by atoms with Gasteiger partial charge in [0.2, 0.25) is 0 Å². The quantitative estimate of drug-likeness (QED) is 0.810. The van der Waals surface area contributed by atoms with E-state index in [0.29, 0.717) is 0 Å². The number of aromatic nitrogens is 1. The van der Waals surface area contributed by atoms with E-state index in [9.17, 15) is 0 Å². The van der Waals surface area contributed by atoms with Crippen LogP contribution >= 0.6 is 0 Å². The minimum Gasteiger partial charge on any atom is -0.361 e. The van der Waals surface area contributed by atoms with Crippen LogP contribution in [0.4, 0.5) is 0 Å². The summed E-state index contributed by atoms with van der Waals surface area (Å²) in [6.07, 6.45) is 0. The smallest absolute Gasteiger partial charge is 0.0283 e. The summed E-state index contributed by atoms with van der Waals surface area (Å²) in [5.41, 5.74) is 5.12. The fraction of sp³-hybridized carbons (Fsp3) is 0.400. The predicted molar refractivity (Wildman–Crippen MR) is 93.9 cm³/mol. The first-order valence-electron chi connectivity index (χ1n) is 7.52. The Balaban J connectivity index is 2.79. The molecular formula is C20H27N. The summed E-state index contributed by atoms with van der Waals surface area (Å²) in [5.74, 6) is 0. The second-order valence-electron chi connectivity index (χ2n) is 7.96. The third-order valence-corrected chi connectivity index (χ3v) is 3.84. The van der Waals surface area contributed by atoms with Crippen LogP contribution in [0.2, 0.25) is 0 Å². The third kappa shape index (κ3) is 3.12. The van der Waals surface area contributed by atoms with Crippen LogP contribution in [-0.2, 0) is 10.8 Å². The summed E-state index contributed by atoms with van der Waals surface area (Å²) in [5, 5.41) is 2.07. The number of aromatic amines is 1. The summed E-state index contributed by atoms with van der Waals surface area (Å²) < 4.78 is 0. The van der Waals surface area contributed by atoms with Crippen molar-refractivity contribution in [1.82, 2.24) is 4.98 Å². The van der Waals surface area contributed by atoms with Crippen LogP contribution in [0.15, 0.2) is 24.3 Å². The number of hydrogen-bond donors (Lipinski definition) is 1. The van der Waals surface area contributed by atoms with Gasteiger partial charge in [0.15, 0.2) is 0 Å². The van der Waals surface area contributed by atoms with Crippen molar-refractivity contribution < 1.29 is 0 Å². The fourth-order valence-electron chi connectivity index (χ4n) is 2.54. The van der Waals surface area contributed by atoms with Gasteiger partial charge in [-0.25, -0.2) is 0 Å². The Kier molecular flexibility index (Phi) is 3.65. The minimum atomic E-state index is 0.0580. The molecule has 0 aliphatic carbocycles. The van der Waals surface area contributed by atoms with Crippen LogP contribution in [0.1, 0.15) is 52.9 Å². The average molecular weight is 281 g/mol. The van der Waals surface area contributed by atoms with Gasteiger partial charge in [-0.05, 0) is 28.1 Å². The Labute approximate surface area is 128 Å². The largest absolute Gasteiger partial charge is 0.361 e. The lowest BCUT2D eigenvalue weighted by molar-refractivity contribution is 0.544. The lowest BCUT2D eigenvalue weighted by Crippen LogP contribution is -2.17. The van der Waals surface area contributed by atoms with Crippen molar-refractivity contribution in [2.45, 2.75) is 52.4 Å². The lowest BCUT2D eigenvalue weighted by Gasteiger charge is -2.21. The van der Waals surface area contributed by atoms with Crippen molar-refractivity contribution in [3.63, 3.8) is 0 Å². The van der Waals surface area contributed by atoms with Gasteiger partial charge in [-0.1, -0.05) is 66.8 Å². The Morgan fingerprint density at radius 1 is 0.810 bits per heavy atom. The molecule has 21 heavy (non-hydrogen) atoms. The highest BCUT2D eigenvalue weighted by Gasteiger charge is 2.25. The molecule has 0 amide bonds. The van der Waals surface area contributed by atoms with E-state index in [1.165, 1.54) is 22.5 Å². The molecule has 2 rings (SSSR count). The van der Waals surface area contributed by atoms with Gasteiger partial charge in [0.1, 0.15) is 0 Å². The Hall–Kier alpha value is -1.76. The summed E-state index contributed by atoms with van der Waals surface area (Å²) in [7, 11) is 0. The molecule has 0 spiro atoms. The molecule has 1 heteroatoms. The Bertz CT molecular complexity index is 749. The Morgan fingerprint density at radius 3 is 1.95 bits per heavy atom. The maximum atomic E-state index is 4.19. The van der Waals surface area contributed by atoms with E-state index in [2.05, 4.69) is 71.8 Å². The molecule has 0 bridgehead atoms. The van der Waals surface area contributed by atoms with Crippen LogP contribution in [0.5, 0.6) is 0 Å². The number of nitrogens with one attached hydrogen (secondary N) is 1. The Morgan fingerprint density at radius 2 is 1.43 bits per heavy atom. The van der Waals surface area contributed by atoms with Crippen LogP contribution in [0.3, 0.4) is 0 Å². The zero-order valence-electron chi connectivity index (χ0n) is 14.2. The van der Waals surface area contributed by atoms with E-state index >= 15 is 0 Å². The fourth-order valence-corrected chi connectivity index (χ4v) is 2.54. The molecule has 0 aliphatic heterocycles. The molecule has 1 nitrogen and oxygen atoms in total. The number of rotatable bonds is 1. The standard InChI is InChI=1S/C20H27N/c1-13-9-10-14(2)15(11-13)16-12-17(19(3,4)5)21-18(16)20(6,7)8/h9-12,21H,1-2H2,3-8H3. The number of H-pyrrole nitrogens is 1. The van der Waals surface area contributed by atoms with Crippen molar-refractivity contribution in [3.8, 4) is 11.1 Å². The van der Waals surface area contributed by atoms with E-state index in [0.717, 1.165) is 10.4 Å².